The minimum Gasteiger partial charge on any atom is -0.364 e. The average molecular weight is 890 g/mol. The lowest BCUT2D eigenvalue weighted by molar-refractivity contribution is -0.173. The maximum absolute atomic E-state index is 13.9. The summed E-state index contributed by atoms with van der Waals surface area (Å²) in [6.45, 7) is 7.06. The Bertz CT molecular complexity index is 2360. The fourth-order valence-corrected chi connectivity index (χ4v) is 7.94. The van der Waals surface area contributed by atoms with E-state index >= 15 is 0 Å². The van der Waals surface area contributed by atoms with Gasteiger partial charge in [-0.25, -0.2) is 4.98 Å². The van der Waals surface area contributed by atoms with Gasteiger partial charge in [-0.05, 0) is 74.0 Å². The molecule has 5 rings (SSSR count). The Labute approximate surface area is 339 Å². The molecule has 1 aliphatic carbocycles. The van der Waals surface area contributed by atoms with Crippen molar-refractivity contribution in [3.05, 3.63) is 47.3 Å². The van der Waals surface area contributed by atoms with Crippen molar-refractivity contribution in [2.24, 2.45) is 5.41 Å². The van der Waals surface area contributed by atoms with Gasteiger partial charge in [0.25, 0.3) is 5.91 Å². The van der Waals surface area contributed by atoms with E-state index in [1.807, 2.05) is 19.9 Å². The smallest absolute Gasteiger partial charge is 0.364 e. The molecule has 322 valence electrons. The molecule has 2 fully saturated rings. The summed E-state index contributed by atoms with van der Waals surface area (Å²) in [7, 11) is -14.4. The van der Waals surface area contributed by atoms with E-state index in [4.69, 9.17) is 12.2 Å². The molecular formula is C35H45F6N5O9S2Si. The molecule has 2 aromatic rings. The Balaban J connectivity index is 1.62. The fraction of sp³-hybridized carbons (Fsp3) is 0.657. The van der Waals surface area contributed by atoms with E-state index in [9.17, 15) is 56.0 Å². The summed E-state index contributed by atoms with van der Waals surface area (Å²) >= 11 is 0. The molecule has 1 amide bonds. The van der Waals surface area contributed by atoms with Crippen molar-refractivity contribution >= 4 is 45.5 Å². The molecule has 6 unspecified atom stereocenters. The third-order valence-corrected chi connectivity index (χ3v) is 13.2. The van der Waals surface area contributed by atoms with Crippen LogP contribution in [0, 0.1) is 16.7 Å². The maximum atomic E-state index is 13.9. The molecule has 2 aliphatic heterocycles. The van der Waals surface area contributed by atoms with Crippen LogP contribution in [-0.4, -0.2) is 87.4 Å². The summed E-state index contributed by atoms with van der Waals surface area (Å²) in [5.74, 6) is -3.81. The molecule has 4 heterocycles. The van der Waals surface area contributed by atoms with Crippen LogP contribution in [0.3, 0.4) is 0 Å². The summed E-state index contributed by atoms with van der Waals surface area (Å²) in [6.07, 6.45) is -3.60. The van der Waals surface area contributed by atoms with Gasteiger partial charge in [0.2, 0.25) is 5.82 Å². The van der Waals surface area contributed by atoms with E-state index < -0.39 is 107 Å². The zero-order valence-electron chi connectivity index (χ0n) is 36.0. The number of nitrogens with zero attached hydrogens (tertiary/aromatic N) is 4. The molecule has 2 bridgehead atoms. The van der Waals surface area contributed by atoms with Crippen LogP contribution in [0.5, 0.6) is 0 Å². The largest absolute Gasteiger partial charge is 0.523 e. The molecule has 6 atom stereocenters. The Morgan fingerprint density at radius 1 is 1.07 bits per heavy atom. The lowest BCUT2D eigenvalue weighted by Gasteiger charge is -2.43. The lowest BCUT2D eigenvalue weighted by atomic mass is 9.77. The van der Waals surface area contributed by atoms with Crippen molar-refractivity contribution in [3.63, 3.8) is 0 Å². The van der Waals surface area contributed by atoms with Crippen molar-refractivity contribution in [2.75, 3.05) is 25.1 Å². The molecule has 0 aromatic carbocycles. The minimum absolute atomic E-state index is 0.00190. The second-order valence-corrected chi connectivity index (χ2v) is 25.0. The number of anilines is 1. The number of pyridine rings is 1. The number of alkyl halides is 6. The highest BCUT2D eigenvalue weighted by molar-refractivity contribution is 7.87. The highest BCUT2D eigenvalue weighted by Gasteiger charge is 2.59. The van der Waals surface area contributed by atoms with E-state index in [2.05, 4.69) is 43.3 Å². The monoisotopic (exact) mass is 889 g/mol. The van der Waals surface area contributed by atoms with Crippen LogP contribution in [0.2, 0.25) is 25.7 Å². The lowest BCUT2D eigenvalue weighted by Crippen LogP contribution is -2.49. The number of nitriles is 1. The number of ether oxygens (including phenoxy) is 2. The zero-order valence-corrected chi connectivity index (χ0v) is 34.6. The fourth-order valence-electron chi connectivity index (χ4n) is 6.22. The number of rotatable bonds is 15. The Hall–Kier alpha value is -3.40. The molecule has 2 aromatic heterocycles. The van der Waals surface area contributed by atoms with Gasteiger partial charge in [0.1, 0.15) is 12.8 Å². The molecule has 23 heteroatoms. The van der Waals surface area contributed by atoms with Crippen molar-refractivity contribution in [1.29, 1.82) is 5.26 Å². The Kier molecular flexibility index (Phi) is 11.2. The minimum atomic E-state index is -6.49. The van der Waals surface area contributed by atoms with E-state index in [1.165, 1.54) is 16.8 Å². The van der Waals surface area contributed by atoms with Gasteiger partial charge < -0.3 is 19.4 Å². The molecule has 2 saturated heterocycles. The van der Waals surface area contributed by atoms with Crippen molar-refractivity contribution < 1.29 is 71.3 Å². The number of aromatic nitrogens is 3. The number of amides is 1. The molecule has 0 radical (unpaired) electrons. The van der Waals surface area contributed by atoms with Gasteiger partial charge in [0.15, 0.2) is 5.69 Å². The highest BCUT2D eigenvalue weighted by atomic mass is 32.2. The van der Waals surface area contributed by atoms with Crippen LogP contribution in [0.1, 0.15) is 97.8 Å². The van der Waals surface area contributed by atoms with Crippen molar-refractivity contribution in [1.82, 2.24) is 14.5 Å². The normalized spacial score (nSPS) is 30.0. The van der Waals surface area contributed by atoms with E-state index in [-0.39, 0.29) is 35.0 Å². The first-order chi connectivity index (χ1) is 28.2. The van der Waals surface area contributed by atoms with Gasteiger partial charge in [-0.1, -0.05) is 39.6 Å². The Morgan fingerprint density at radius 2 is 1.69 bits per heavy atom. The summed E-state index contributed by atoms with van der Waals surface area (Å²) in [6, 6.07) is 4.99. The molecular weight excluding hydrogens is 841 g/mol. The number of fused-ring (bicyclic) bond motifs is 2. The van der Waals surface area contributed by atoms with Crippen LogP contribution in [0.15, 0.2) is 24.4 Å². The van der Waals surface area contributed by atoms with E-state index in [0.29, 0.717) is 31.4 Å². The second-order valence-electron chi connectivity index (χ2n) is 16.1. The first kappa shape index (κ1) is 40.0. The number of hydrogen-bond donors (Lipinski definition) is 1. The van der Waals surface area contributed by atoms with Crippen LogP contribution in [-0.2, 0) is 44.8 Å². The van der Waals surface area contributed by atoms with Crippen molar-refractivity contribution in [2.45, 2.75) is 119 Å². The zero-order chi connectivity index (χ0) is 46.7. The number of carbonyl (C=O) groups is 1. The highest BCUT2D eigenvalue weighted by Crippen LogP contribution is 2.54. The van der Waals surface area contributed by atoms with Crippen LogP contribution in [0.4, 0.5) is 32.0 Å². The molecule has 58 heavy (non-hydrogen) atoms. The predicted molar refractivity (Wildman–Crippen MR) is 198 cm³/mol. The van der Waals surface area contributed by atoms with Gasteiger partial charge in [-0.2, -0.15) is 48.4 Å². The number of carbonyl (C=O) groups excluding carboxylic acids is 1. The second kappa shape index (κ2) is 16.2. The Morgan fingerprint density at radius 3 is 2.26 bits per heavy atom. The topological polar surface area (TPSA) is 189 Å². The third kappa shape index (κ3) is 10.7. The number of hydrogen-bond acceptors (Lipinski definition) is 12. The predicted octanol–water partition coefficient (Wildman–Crippen LogP) is 7.21. The van der Waals surface area contributed by atoms with E-state index in [1.54, 1.807) is 6.08 Å². The molecule has 0 saturated carbocycles. The average Bonchev–Trinajstić information content (AvgIpc) is 3.65. The maximum Gasteiger partial charge on any atom is 0.523 e. The van der Waals surface area contributed by atoms with Gasteiger partial charge in [-0.15, -0.1) is 0 Å². The molecule has 0 spiro atoms. The molecule has 1 N–H and O–H groups in total. The van der Waals surface area contributed by atoms with Gasteiger partial charge in [0, 0.05) is 37.9 Å². The number of allylic oxidation sites excluding steroid dienone is 2. The third-order valence-electron chi connectivity index (χ3n) is 9.51. The quantitative estimate of drug-likeness (QED) is 0.0623. The summed E-state index contributed by atoms with van der Waals surface area (Å²) < 4.78 is 186. The summed E-state index contributed by atoms with van der Waals surface area (Å²) in [5.41, 5.74) is -18.1. The van der Waals surface area contributed by atoms with E-state index in [0.717, 1.165) is 12.1 Å². The number of imidazole rings is 1. The number of halogens is 6. The van der Waals surface area contributed by atoms with Crippen LogP contribution >= 0.6 is 0 Å². The van der Waals surface area contributed by atoms with Gasteiger partial charge >= 0.3 is 31.3 Å². The first-order valence-corrected chi connectivity index (χ1v) is 24.2. The van der Waals surface area contributed by atoms with Crippen molar-refractivity contribution in [3.8, 4) is 6.07 Å². The summed E-state index contributed by atoms with van der Waals surface area (Å²) in [5, 5.41) is 12.2. The standard InChI is InChI=1S/C35H45F6N5O9S2Si/c1-31(2)10-8-23(9-11-31)28-27(45-30(47)29-43-25(18-42)19-46(29)22-52-14-15-58(3,4)5)7-6-26(44-28)24-16-32(20-53-56(48,49)34(36,37)38)12-13-33(17-24,55-32)21-54-57(50,51)35(39,40)41/h6-8,19,24H,9-17,20-22H2,1-5H3,(H,45,47)/i12D,13D,16D,24D. The molecule has 14 nitrogen and oxygen atoms in total. The van der Waals surface area contributed by atoms with Crippen LogP contribution < -0.4 is 5.32 Å². The number of nitrogens with one attached hydrogen (secondary N) is 1. The SMILES string of the molecule is [2H]C1C([2H])C2(COS(=O)(=O)C(F)(F)F)OC1(COS(=O)(=O)C(F)(F)F)CC([2H])(c1ccc(NC(=O)c3nc(C#N)cn3COCC[Si](C)(C)C)c(C3=CCC(C)(C)CC3)n1)C2[2H]. The summed E-state index contributed by atoms with van der Waals surface area (Å²) in [4.78, 5) is 22.6. The van der Waals surface area contributed by atoms with Gasteiger partial charge in [-0.3, -0.25) is 18.1 Å². The first-order valence-electron chi connectivity index (χ1n) is 19.9. The molecule has 3 aliphatic rings. The van der Waals surface area contributed by atoms with Crippen LogP contribution in [0.25, 0.3) is 5.57 Å². The van der Waals surface area contributed by atoms with Gasteiger partial charge in [0.05, 0.1) is 35.8 Å².